The van der Waals surface area contributed by atoms with Crippen molar-refractivity contribution in [3.8, 4) is 0 Å². The van der Waals surface area contributed by atoms with Crippen LogP contribution in [0.3, 0.4) is 0 Å². The van der Waals surface area contributed by atoms with Crippen molar-refractivity contribution < 1.29 is 13.9 Å². The smallest absolute Gasteiger partial charge is 0.330 e. The van der Waals surface area contributed by atoms with Gasteiger partial charge in [-0.25, -0.2) is 9.18 Å². The van der Waals surface area contributed by atoms with E-state index in [4.69, 9.17) is 0 Å². The normalized spacial score (nSPS) is 12.1. The number of ether oxygens (including phenoxy) is 1. The van der Waals surface area contributed by atoms with Crippen molar-refractivity contribution in [1.29, 1.82) is 0 Å². The first-order chi connectivity index (χ1) is 5.20. The molecule has 0 spiro atoms. The van der Waals surface area contributed by atoms with Crippen LogP contribution in [0.4, 0.5) is 4.39 Å². The summed E-state index contributed by atoms with van der Waals surface area (Å²) in [5.74, 6) is -0.970. The van der Waals surface area contributed by atoms with Crippen LogP contribution in [0.2, 0.25) is 0 Å². The van der Waals surface area contributed by atoms with Crippen molar-refractivity contribution in [2.75, 3.05) is 7.11 Å². The van der Waals surface area contributed by atoms with Crippen molar-refractivity contribution in [1.82, 2.24) is 0 Å². The fourth-order valence-electron chi connectivity index (χ4n) is 0.479. The van der Waals surface area contributed by atoms with Crippen LogP contribution in [0, 0.1) is 0 Å². The lowest BCUT2D eigenvalue weighted by Crippen LogP contribution is -1.93. The fraction of sp³-hybridized carbons (Fsp3) is 0.375. The van der Waals surface area contributed by atoms with Crippen molar-refractivity contribution >= 4 is 5.97 Å². The van der Waals surface area contributed by atoms with Gasteiger partial charge in [-0.1, -0.05) is 6.92 Å². The highest BCUT2D eigenvalue weighted by atomic mass is 19.1. The molecule has 0 N–H and O–H groups in total. The van der Waals surface area contributed by atoms with Gasteiger partial charge < -0.3 is 4.74 Å². The van der Waals surface area contributed by atoms with Crippen LogP contribution in [0.5, 0.6) is 0 Å². The zero-order chi connectivity index (χ0) is 8.69. The van der Waals surface area contributed by atoms with Crippen molar-refractivity contribution in [2.45, 2.75) is 13.3 Å². The summed E-state index contributed by atoms with van der Waals surface area (Å²) in [7, 11) is 1.24. The number of hydrogen-bond donors (Lipinski definition) is 0. The lowest BCUT2D eigenvalue weighted by atomic mass is 10.3. The van der Waals surface area contributed by atoms with Crippen molar-refractivity contribution in [3.05, 3.63) is 24.1 Å². The number of carbonyl (C=O) groups excluding carboxylic acids is 1. The topological polar surface area (TPSA) is 26.3 Å². The molecule has 0 amide bonds. The van der Waals surface area contributed by atoms with Gasteiger partial charge in [0.1, 0.15) is 5.83 Å². The van der Waals surface area contributed by atoms with E-state index in [1.165, 1.54) is 13.2 Å². The van der Waals surface area contributed by atoms with Crippen LogP contribution in [0.1, 0.15) is 13.3 Å². The Balaban J connectivity index is 3.92. The monoisotopic (exact) mass is 158 g/mol. The number of hydrogen-bond acceptors (Lipinski definition) is 2. The molecule has 0 atom stereocenters. The number of carbonyl (C=O) groups is 1. The standard InChI is InChI=1S/C8H11FO2/c1-3-4-7(9)5-6-8(10)11-2/h4-6H,3H2,1-2H3/b6-5+,7-4-. The average Bonchev–Trinajstić information content (AvgIpc) is 2.01. The van der Waals surface area contributed by atoms with E-state index < -0.39 is 11.8 Å². The Hall–Kier alpha value is -1.12. The summed E-state index contributed by atoms with van der Waals surface area (Å²) in [6.45, 7) is 1.81. The molecular formula is C8H11FO2. The van der Waals surface area contributed by atoms with Gasteiger partial charge in [0.25, 0.3) is 0 Å². The van der Waals surface area contributed by atoms with E-state index >= 15 is 0 Å². The van der Waals surface area contributed by atoms with Crippen LogP contribution in [0.25, 0.3) is 0 Å². The molecule has 0 aliphatic heterocycles. The zero-order valence-electron chi connectivity index (χ0n) is 6.63. The van der Waals surface area contributed by atoms with Crippen LogP contribution in [-0.4, -0.2) is 13.1 Å². The summed E-state index contributed by atoms with van der Waals surface area (Å²) in [6, 6.07) is 0. The van der Waals surface area contributed by atoms with Gasteiger partial charge in [-0.15, -0.1) is 0 Å². The lowest BCUT2D eigenvalue weighted by Gasteiger charge is -1.88. The third kappa shape index (κ3) is 5.33. The van der Waals surface area contributed by atoms with Gasteiger partial charge in [-0.3, -0.25) is 0 Å². The molecule has 0 aromatic carbocycles. The van der Waals surface area contributed by atoms with E-state index in [0.29, 0.717) is 6.42 Å². The van der Waals surface area contributed by atoms with E-state index in [-0.39, 0.29) is 0 Å². The SMILES string of the molecule is CC/C=C(F)/C=C/C(=O)OC. The number of rotatable bonds is 3. The summed E-state index contributed by atoms with van der Waals surface area (Å²) < 4.78 is 16.7. The van der Waals surface area contributed by atoms with Gasteiger partial charge in [0.05, 0.1) is 7.11 Å². The van der Waals surface area contributed by atoms with Gasteiger partial charge in [0.15, 0.2) is 0 Å². The van der Waals surface area contributed by atoms with Crippen LogP contribution < -0.4 is 0 Å². The molecule has 0 heterocycles. The summed E-state index contributed by atoms with van der Waals surface area (Å²) >= 11 is 0. The highest BCUT2D eigenvalue weighted by Crippen LogP contribution is 1.99. The largest absolute Gasteiger partial charge is 0.466 e. The number of halogens is 1. The molecule has 0 aliphatic carbocycles. The molecular weight excluding hydrogens is 147 g/mol. The molecule has 3 heteroatoms. The molecule has 11 heavy (non-hydrogen) atoms. The Morgan fingerprint density at radius 3 is 2.64 bits per heavy atom. The third-order valence-corrected chi connectivity index (χ3v) is 0.979. The molecule has 0 aromatic rings. The molecule has 0 aliphatic rings. The molecule has 0 fully saturated rings. The van der Waals surface area contributed by atoms with E-state index in [9.17, 15) is 9.18 Å². The van der Waals surface area contributed by atoms with E-state index in [0.717, 1.165) is 12.2 Å². The molecule has 0 rings (SSSR count). The van der Waals surface area contributed by atoms with Crippen molar-refractivity contribution in [3.63, 3.8) is 0 Å². The maximum atomic E-state index is 12.5. The molecule has 2 nitrogen and oxygen atoms in total. The Kier molecular flexibility index (Phi) is 5.07. The Labute approximate surface area is 65.4 Å². The van der Waals surface area contributed by atoms with Crippen molar-refractivity contribution in [2.24, 2.45) is 0 Å². The predicted octanol–water partition coefficient (Wildman–Crippen LogP) is 1.98. The van der Waals surface area contributed by atoms with Crippen LogP contribution in [-0.2, 0) is 9.53 Å². The summed E-state index contributed by atoms with van der Waals surface area (Å²) in [5, 5.41) is 0. The third-order valence-electron chi connectivity index (χ3n) is 0.979. The molecule has 62 valence electrons. The molecule has 0 radical (unpaired) electrons. The van der Waals surface area contributed by atoms with Gasteiger partial charge in [0, 0.05) is 6.08 Å². The number of esters is 1. The van der Waals surface area contributed by atoms with Gasteiger partial charge >= 0.3 is 5.97 Å². The summed E-state index contributed by atoms with van der Waals surface area (Å²) in [6.07, 6.45) is 4.10. The Bertz CT molecular complexity index is 183. The minimum absolute atomic E-state index is 0.419. The highest BCUT2D eigenvalue weighted by Gasteiger charge is 1.91. The van der Waals surface area contributed by atoms with E-state index in [2.05, 4.69) is 4.74 Å². The first-order valence-electron chi connectivity index (χ1n) is 3.32. The van der Waals surface area contributed by atoms with Gasteiger partial charge in [-0.2, -0.15) is 0 Å². The summed E-state index contributed by atoms with van der Waals surface area (Å²) in [4.78, 5) is 10.4. The zero-order valence-corrected chi connectivity index (χ0v) is 6.63. The van der Waals surface area contributed by atoms with E-state index in [1.807, 2.05) is 6.92 Å². The van der Waals surface area contributed by atoms with Gasteiger partial charge in [-0.05, 0) is 18.6 Å². The Morgan fingerprint density at radius 1 is 1.55 bits per heavy atom. The molecule has 0 unspecified atom stereocenters. The first-order valence-corrected chi connectivity index (χ1v) is 3.32. The number of methoxy groups -OCH3 is 1. The quantitative estimate of drug-likeness (QED) is 0.356. The average molecular weight is 158 g/mol. The summed E-state index contributed by atoms with van der Waals surface area (Å²) in [5.41, 5.74) is 0. The minimum atomic E-state index is -0.551. The molecule has 0 saturated carbocycles. The lowest BCUT2D eigenvalue weighted by molar-refractivity contribution is -0.134. The first kappa shape index (κ1) is 9.88. The second-order valence-corrected chi connectivity index (χ2v) is 1.85. The van der Waals surface area contributed by atoms with Crippen LogP contribution >= 0.6 is 0 Å². The number of allylic oxidation sites excluding steroid dienone is 3. The van der Waals surface area contributed by atoms with Gasteiger partial charge in [0.2, 0.25) is 0 Å². The van der Waals surface area contributed by atoms with Crippen LogP contribution in [0.15, 0.2) is 24.1 Å². The second kappa shape index (κ2) is 5.65. The molecule has 0 saturated heterocycles. The molecule has 0 aromatic heterocycles. The second-order valence-electron chi connectivity index (χ2n) is 1.85. The fourth-order valence-corrected chi connectivity index (χ4v) is 0.479. The predicted molar refractivity (Wildman–Crippen MR) is 40.6 cm³/mol. The minimum Gasteiger partial charge on any atom is -0.466 e. The Morgan fingerprint density at radius 2 is 2.18 bits per heavy atom. The maximum absolute atomic E-state index is 12.5. The maximum Gasteiger partial charge on any atom is 0.330 e. The highest BCUT2D eigenvalue weighted by molar-refractivity contribution is 5.82. The van der Waals surface area contributed by atoms with E-state index in [1.54, 1.807) is 0 Å². The molecule has 0 bridgehead atoms.